The number of halogens is 1. The highest BCUT2D eigenvalue weighted by Crippen LogP contribution is 2.30. The lowest BCUT2D eigenvalue weighted by Crippen LogP contribution is -2.32. The third-order valence-corrected chi connectivity index (χ3v) is 5.16. The summed E-state index contributed by atoms with van der Waals surface area (Å²) in [6.07, 6.45) is 0. The fraction of sp³-hybridized carbons (Fsp3) is 0.211. The molecule has 1 aliphatic rings. The average Bonchev–Trinajstić information content (AvgIpc) is 3.06. The number of carbonyl (C=O) groups excluding carboxylic acids is 2. The SMILES string of the molecule is COc1ccc(CNC(=O)CSC2=NCC(=O)N2c2ccccc2Cl)cc1. The lowest BCUT2D eigenvalue weighted by molar-refractivity contribution is -0.118. The van der Waals surface area contributed by atoms with E-state index in [1.54, 1.807) is 31.4 Å². The Morgan fingerprint density at radius 1 is 1.26 bits per heavy atom. The van der Waals surface area contributed by atoms with Crippen molar-refractivity contribution < 1.29 is 14.3 Å². The number of ether oxygens (including phenoxy) is 1. The van der Waals surface area contributed by atoms with E-state index < -0.39 is 0 Å². The zero-order valence-electron chi connectivity index (χ0n) is 14.6. The third-order valence-electron chi connectivity index (χ3n) is 3.86. The van der Waals surface area contributed by atoms with Gasteiger partial charge in [0.2, 0.25) is 5.91 Å². The molecule has 0 radical (unpaired) electrons. The topological polar surface area (TPSA) is 71.0 Å². The Morgan fingerprint density at radius 3 is 2.70 bits per heavy atom. The summed E-state index contributed by atoms with van der Waals surface area (Å²) < 4.78 is 5.11. The number of nitrogens with zero attached hydrogens (tertiary/aromatic N) is 2. The first kappa shape index (κ1) is 19.3. The number of carbonyl (C=O) groups is 2. The van der Waals surface area contributed by atoms with E-state index in [2.05, 4.69) is 10.3 Å². The summed E-state index contributed by atoms with van der Waals surface area (Å²) in [5.74, 6) is 0.619. The summed E-state index contributed by atoms with van der Waals surface area (Å²) in [5, 5.41) is 3.79. The zero-order valence-corrected chi connectivity index (χ0v) is 16.2. The van der Waals surface area contributed by atoms with Crippen LogP contribution in [0.25, 0.3) is 0 Å². The molecule has 3 rings (SSSR count). The Bertz CT molecular complexity index is 871. The summed E-state index contributed by atoms with van der Waals surface area (Å²) in [4.78, 5) is 30.0. The maximum atomic E-state index is 12.2. The molecular formula is C19H18ClN3O3S. The van der Waals surface area contributed by atoms with Crippen molar-refractivity contribution in [1.82, 2.24) is 5.32 Å². The van der Waals surface area contributed by atoms with Crippen molar-refractivity contribution in [2.75, 3.05) is 24.3 Å². The molecule has 0 aromatic heterocycles. The monoisotopic (exact) mass is 403 g/mol. The van der Waals surface area contributed by atoms with Crippen LogP contribution in [0.4, 0.5) is 5.69 Å². The molecule has 0 aliphatic carbocycles. The van der Waals surface area contributed by atoms with Crippen LogP contribution in [0.1, 0.15) is 5.56 Å². The Balaban J connectivity index is 1.54. The normalized spacial score (nSPS) is 13.5. The molecule has 0 atom stereocenters. The second-order valence-corrected chi connectivity index (χ2v) is 7.04. The average molecular weight is 404 g/mol. The fourth-order valence-electron chi connectivity index (χ4n) is 2.49. The number of para-hydroxylation sites is 1. The molecular weight excluding hydrogens is 386 g/mol. The molecule has 1 heterocycles. The second kappa shape index (κ2) is 8.92. The second-order valence-electron chi connectivity index (χ2n) is 5.69. The molecule has 0 unspecified atom stereocenters. The summed E-state index contributed by atoms with van der Waals surface area (Å²) in [7, 11) is 1.61. The third kappa shape index (κ3) is 4.81. The molecule has 0 bridgehead atoms. The molecule has 0 spiro atoms. The lowest BCUT2D eigenvalue weighted by Gasteiger charge is -2.19. The summed E-state index contributed by atoms with van der Waals surface area (Å²) in [6.45, 7) is 0.476. The molecule has 140 valence electrons. The van der Waals surface area contributed by atoms with Gasteiger partial charge in [0, 0.05) is 6.54 Å². The fourth-order valence-corrected chi connectivity index (χ4v) is 3.56. The first-order valence-electron chi connectivity index (χ1n) is 8.23. The molecule has 1 N–H and O–H groups in total. The number of methoxy groups -OCH3 is 1. The quantitative estimate of drug-likeness (QED) is 0.804. The first-order chi connectivity index (χ1) is 13.1. The van der Waals surface area contributed by atoms with Crippen molar-refractivity contribution in [3.63, 3.8) is 0 Å². The summed E-state index contributed by atoms with van der Waals surface area (Å²) in [6, 6.07) is 14.5. The van der Waals surface area contributed by atoms with Crippen molar-refractivity contribution in [3.05, 3.63) is 59.1 Å². The van der Waals surface area contributed by atoms with Crippen LogP contribution in [-0.4, -0.2) is 36.4 Å². The number of hydrogen-bond acceptors (Lipinski definition) is 5. The van der Waals surface area contributed by atoms with E-state index in [0.717, 1.165) is 11.3 Å². The first-order valence-corrected chi connectivity index (χ1v) is 9.59. The minimum atomic E-state index is -0.163. The largest absolute Gasteiger partial charge is 0.497 e. The maximum Gasteiger partial charge on any atom is 0.254 e. The minimum absolute atomic E-state index is 0.0566. The van der Waals surface area contributed by atoms with E-state index in [9.17, 15) is 9.59 Å². The molecule has 2 amide bonds. The van der Waals surface area contributed by atoms with Gasteiger partial charge in [0.25, 0.3) is 5.91 Å². The van der Waals surface area contributed by atoms with Gasteiger partial charge in [0.1, 0.15) is 12.3 Å². The van der Waals surface area contributed by atoms with Crippen molar-refractivity contribution >= 4 is 46.0 Å². The van der Waals surface area contributed by atoms with E-state index in [-0.39, 0.29) is 24.1 Å². The Hall–Kier alpha value is -2.51. The number of benzene rings is 2. The number of amidine groups is 1. The Morgan fingerprint density at radius 2 is 2.00 bits per heavy atom. The van der Waals surface area contributed by atoms with Crippen LogP contribution in [0.2, 0.25) is 5.02 Å². The van der Waals surface area contributed by atoms with E-state index in [4.69, 9.17) is 16.3 Å². The highest BCUT2D eigenvalue weighted by molar-refractivity contribution is 8.14. The van der Waals surface area contributed by atoms with E-state index in [0.29, 0.717) is 22.4 Å². The van der Waals surface area contributed by atoms with Gasteiger partial charge in [-0.1, -0.05) is 47.6 Å². The zero-order chi connectivity index (χ0) is 19.2. The Kier molecular flexibility index (Phi) is 6.36. The van der Waals surface area contributed by atoms with Crippen molar-refractivity contribution in [2.45, 2.75) is 6.54 Å². The number of nitrogens with one attached hydrogen (secondary N) is 1. The van der Waals surface area contributed by atoms with Gasteiger partial charge in [-0.25, -0.2) is 0 Å². The van der Waals surface area contributed by atoms with Crippen LogP contribution in [-0.2, 0) is 16.1 Å². The lowest BCUT2D eigenvalue weighted by atomic mass is 10.2. The van der Waals surface area contributed by atoms with E-state index >= 15 is 0 Å². The van der Waals surface area contributed by atoms with Crippen LogP contribution in [0, 0.1) is 0 Å². The van der Waals surface area contributed by atoms with Crippen molar-refractivity contribution in [2.24, 2.45) is 4.99 Å². The molecule has 0 fully saturated rings. The number of thioether (sulfide) groups is 1. The summed E-state index contributed by atoms with van der Waals surface area (Å²) in [5.41, 5.74) is 1.55. The molecule has 0 saturated heterocycles. The number of aliphatic imine (C=N–C) groups is 1. The van der Waals surface area contributed by atoms with Gasteiger partial charge in [-0.15, -0.1) is 0 Å². The standard InChI is InChI=1S/C19H18ClN3O3S/c1-26-14-8-6-13(7-9-14)10-21-17(24)12-27-19-22-11-18(25)23(19)16-5-3-2-4-15(16)20/h2-9H,10-12H2,1H3,(H,21,24). The maximum absolute atomic E-state index is 12.2. The molecule has 6 nitrogen and oxygen atoms in total. The van der Waals surface area contributed by atoms with Crippen LogP contribution in [0.15, 0.2) is 53.5 Å². The van der Waals surface area contributed by atoms with Crippen LogP contribution >= 0.6 is 23.4 Å². The number of amides is 2. The highest BCUT2D eigenvalue weighted by atomic mass is 35.5. The molecule has 1 aliphatic heterocycles. The number of rotatable bonds is 6. The smallest absolute Gasteiger partial charge is 0.254 e. The molecule has 8 heteroatoms. The molecule has 27 heavy (non-hydrogen) atoms. The molecule has 0 saturated carbocycles. The van der Waals surface area contributed by atoms with Crippen molar-refractivity contribution in [3.8, 4) is 5.75 Å². The molecule has 2 aromatic carbocycles. The predicted molar refractivity (Wildman–Crippen MR) is 109 cm³/mol. The highest BCUT2D eigenvalue weighted by Gasteiger charge is 2.29. The van der Waals surface area contributed by atoms with Gasteiger partial charge in [-0.2, -0.15) is 0 Å². The minimum Gasteiger partial charge on any atom is -0.497 e. The van der Waals surface area contributed by atoms with Crippen LogP contribution in [0.5, 0.6) is 5.75 Å². The van der Waals surface area contributed by atoms with Gasteiger partial charge in [0.15, 0.2) is 5.17 Å². The van der Waals surface area contributed by atoms with Gasteiger partial charge in [-0.05, 0) is 29.8 Å². The number of hydrogen-bond donors (Lipinski definition) is 1. The van der Waals surface area contributed by atoms with E-state index in [1.807, 2.05) is 24.3 Å². The Labute approximate surface area is 166 Å². The van der Waals surface area contributed by atoms with Crippen LogP contribution in [0.3, 0.4) is 0 Å². The van der Waals surface area contributed by atoms with E-state index in [1.165, 1.54) is 16.7 Å². The van der Waals surface area contributed by atoms with Gasteiger partial charge < -0.3 is 10.1 Å². The van der Waals surface area contributed by atoms with Gasteiger partial charge in [-0.3, -0.25) is 19.5 Å². The van der Waals surface area contributed by atoms with Gasteiger partial charge >= 0.3 is 0 Å². The van der Waals surface area contributed by atoms with Gasteiger partial charge in [0.05, 0.1) is 23.6 Å². The van der Waals surface area contributed by atoms with Crippen molar-refractivity contribution in [1.29, 1.82) is 0 Å². The summed E-state index contributed by atoms with van der Waals surface area (Å²) >= 11 is 7.40. The van der Waals surface area contributed by atoms with Crippen LogP contribution < -0.4 is 15.0 Å². The molecule has 2 aromatic rings. The predicted octanol–water partition coefficient (Wildman–Crippen LogP) is 3.10. The number of anilines is 1.